The number of aromatic nitrogens is 2. The maximum Gasteiger partial charge on any atom is 0.371 e. The van der Waals surface area contributed by atoms with Crippen LogP contribution >= 0.6 is 0 Å². The molecular formula is C7H8N2O6. The number of H-pyrrole nitrogens is 1. The molecule has 0 aromatic carbocycles. The van der Waals surface area contributed by atoms with Gasteiger partial charge in [-0.05, 0) is 0 Å². The molecule has 0 atom stereocenters. The van der Waals surface area contributed by atoms with Crippen molar-refractivity contribution in [1.82, 2.24) is 9.97 Å². The van der Waals surface area contributed by atoms with Gasteiger partial charge in [0.2, 0.25) is 5.82 Å². The van der Waals surface area contributed by atoms with Crippen molar-refractivity contribution < 1.29 is 29.7 Å². The van der Waals surface area contributed by atoms with Crippen molar-refractivity contribution in [2.24, 2.45) is 0 Å². The molecule has 8 heteroatoms. The van der Waals surface area contributed by atoms with Crippen LogP contribution < -0.4 is 0 Å². The molecule has 0 spiro atoms. The highest BCUT2D eigenvalue weighted by molar-refractivity contribution is 5.88. The molecule has 0 aliphatic rings. The predicted octanol–water partition coefficient (Wildman–Crippen LogP) is -0.346. The van der Waals surface area contributed by atoms with Crippen LogP contribution in [0.5, 0.6) is 0 Å². The fraction of sp³-hybridized carbons (Fsp3) is 0.143. The minimum Gasteiger partial charge on any atom is -0.481 e. The Morgan fingerprint density at radius 1 is 1.20 bits per heavy atom. The van der Waals surface area contributed by atoms with Crippen LogP contribution in [0.4, 0.5) is 0 Å². The number of carboxylic acids is 3. The van der Waals surface area contributed by atoms with E-state index in [9.17, 15) is 14.4 Å². The van der Waals surface area contributed by atoms with Gasteiger partial charge in [0.15, 0.2) is 0 Å². The number of nitrogens with one attached hydrogen (secondary N) is 1. The van der Waals surface area contributed by atoms with Gasteiger partial charge >= 0.3 is 17.9 Å². The van der Waals surface area contributed by atoms with Gasteiger partial charge in [-0.3, -0.25) is 9.59 Å². The first-order valence-electron chi connectivity index (χ1n) is 3.59. The average Bonchev–Trinajstić information content (AvgIpc) is 2.52. The third-order valence-corrected chi connectivity index (χ3v) is 1.00. The standard InChI is InChI=1S/C4H4N2O2.C3H4O4/c7-4(8)3-5-1-2-6-3;4-2(5)1-3(6)7/h1-2H,(H,5,6)(H,7,8);1H2,(H,4,5)(H,6,7). The lowest BCUT2D eigenvalue weighted by molar-refractivity contribution is -0.147. The molecule has 0 amide bonds. The number of carboxylic acid groups (broad SMARTS) is 3. The van der Waals surface area contributed by atoms with Crippen molar-refractivity contribution in [2.75, 3.05) is 0 Å². The third-order valence-electron chi connectivity index (χ3n) is 1.00. The van der Waals surface area contributed by atoms with Crippen LogP contribution in [0.1, 0.15) is 17.0 Å². The smallest absolute Gasteiger partial charge is 0.371 e. The number of aromatic carboxylic acids is 1. The summed E-state index contributed by atoms with van der Waals surface area (Å²) in [5.74, 6) is -3.68. The molecule has 1 heterocycles. The van der Waals surface area contributed by atoms with E-state index in [4.69, 9.17) is 15.3 Å². The molecule has 0 fully saturated rings. The number of aromatic amines is 1. The maximum absolute atomic E-state index is 9.97. The first-order chi connectivity index (χ1) is 6.93. The van der Waals surface area contributed by atoms with Crippen molar-refractivity contribution in [3.63, 3.8) is 0 Å². The minimum atomic E-state index is -1.31. The molecular weight excluding hydrogens is 208 g/mol. The van der Waals surface area contributed by atoms with E-state index in [1.807, 2.05) is 0 Å². The van der Waals surface area contributed by atoms with Gasteiger partial charge in [-0.1, -0.05) is 0 Å². The SMILES string of the molecule is O=C(O)CC(=O)O.O=C(O)c1ncc[nH]1. The largest absolute Gasteiger partial charge is 0.481 e. The Morgan fingerprint density at radius 2 is 1.73 bits per heavy atom. The van der Waals surface area contributed by atoms with Gasteiger partial charge < -0.3 is 20.3 Å². The summed E-state index contributed by atoms with van der Waals surface area (Å²) in [6.45, 7) is 0. The van der Waals surface area contributed by atoms with Gasteiger partial charge in [0.05, 0.1) is 0 Å². The maximum atomic E-state index is 9.97. The number of imidazole rings is 1. The van der Waals surface area contributed by atoms with Crippen molar-refractivity contribution in [3.05, 3.63) is 18.2 Å². The number of aliphatic carboxylic acids is 2. The Bertz CT molecular complexity index is 332. The van der Waals surface area contributed by atoms with Crippen LogP contribution in [0.15, 0.2) is 12.4 Å². The number of carbonyl (C=O) groups is 3. The zero-order valence-corrected chi connectivity index (χ0v) is 7.38. The molecule has 0 bridgehead atoms. The number of rotatable bonds is 3. The molecule has 1 rings (SSSR count). The second-order valence-electron chi connectivity index (χ2n) is 2.21. The number of hydrogen-bond donors (Lipinski definition) is 4. The van der Waals surface area contributed by atoms with E-state index in [0.29, 0.717) is 0 Å². The van der Waals surface area contributed by atoms with Crippen LogP contribution in [0, 0.1) is 0 Å². The summed E-state index contributed by atoms with van der Waals surface area (Å²) in [7, 11) is 0. The summed E-state index contributed by atoms with van der Waals surface area (Å²) < 4.78 is 0. The lowest BCUT2D eigenvalue weighted by Gasteiger charge is -1.80. The first-order valence-corrected chi connectivity index (χ1v) is 3.59. The van der Waals surface area contributed by atoms with Crippen LogP contribution in [0.3, 0.4) is 0 Å². The summed E-state index contributed by atoms with van der Waals surface area (Å²) >= 11 is 0. The first kappa shape index (κ1) is 12.6. The van der Waals surface area contributed by atoms with Gasteiger partial charge in [0.1, 0.15) is 6.42 Å². The zero-order chi connectivity index (χ0) is 11.8. The molecule has 15 heavy (non-hydrogen) atoms. The van der Waals surface area contributed by atoms with Gasteiger partial charge in [0.25, 0.3) is 0 Å². The van der Waals surface area contributed by atoms with Crippen LogP contribution in [-0.2, 0) is 9.59 Å². The number of nitrogens with zero attached hydrogens (tertiary/aromatic N) is 1. The van der Waals surface area contributed by atoms with E-state index < -0.39 is 24.3 Å². The topological polar surface area (TPSA) is 141 Å². The Kier molecular flexibility index (Phi) is 5.16. The van der Waals surface area contributed by atoms with Crippen molar-refractivity contribution in [3.8, 4) is 0 Å². The molecule has 1 aromatic rings. The van der Waals surface area contributed by atoms with Crippen molar-refractivity contribution in [2.45, 2.75) is 6.42 Å². The lowest BCUT2D eigenvalue weighted by Crippen LogP contribution is -2.03. The fourth-order valence-electron chi connectivity index (χ4n) is 0.512. The Hall–Kier alpha value is -2.38. The molecule has 8 nitrogen and oxygen atoms in total. The molecule has 0 saturated carbocycles. The summed E-state index contributed by atoms with van der Waals surface area (Å²) in [4.78, 5) is 34.7. The second kappa shape index (κ2) is 6.13. The highest BCUT2D eigenvalue weighted by atomic mass is 16.4. The highest BCUT2D eigenvalue weighted by Gasteiger charge is 2.01. The molecule has 1 aromatic heterocycles. The van der Waals surface area contributed by atoms with E-state index >= 15 is 0 Å². The Labute approximate surface area is 83.2 Å². The number of hydrogen-bond acceptors (Lipinski definition) is 4. The molecule has 0 unspecified atom stereocenters. The zero-order valence-electron chi connectivity index (χ0n) is 7.38. The van der Waals surface area contributed by atoms with E-state index in [0.717, 1.165) is 0 Å². The average molecular weight is 216 g/mol. The van der Waals surface area contributed by atoms with Crippen LogP contribution in [0.25, 0.3) is 0 Å². The summed E-state index contributed by atoms with van der Waals surface area (Å²) in [6, 6.07) is 0. The monoisotopic (exact) mass is 216 g/mol. The summed E-state index contributed by atoms with van der Waals surface area (Å²) in [5, 5.41) is 23.6. The van der Waals surface area contributed by atoms with Gasteiger partial charge in [0, 0.05) is 12.4 Å². The molecule has 0 saturated heterocycles. The quantitative estimate of drug-likeness (QED) is 0.506. The molecule has 0 radical (unpaired) electrons. The minimum absolute atomic E-state index is 0.0231. The van der Waals surface area contributed by atoms with Crippen molar-refractivity contribution >= 4 is 17.9 Å². The fourth-order valence-corrected chi connectivity index (χ4v) is 0.512. The second-order valence-corrected chi connectivity index (χ2v) is 2.21. The van der Waals surface area contributed by atoms with Crippen molar-refractivity contribution in [1.29, 1.82) is 0 Å². The normalized spacial score (nSPS) is 8.53. The Morgan fingerprint density at radius 3 is 1.87 bits per heavy atom. The Balaban J connectivity index is 0.000000265. The van der Waals surface area contributed by atoms with E-state index in [1.165, 1.54) is 12.4 Å². The van der Waals surface area contributed by atoms with Crippen LogP contribution in [-0.4, -0.2) is 43.2 Å². The van der Waals surface area contributed by atoms with Crippen LogP contribution in [0.2, 0.25) is 0 Å². The molecule has 0 aliphatic carbocycles. The van der Waals surface area contributed by atoms with E-state index in [1.54, 1.807) is 0 Å². The third kappa shape index (κ3) is 6.75. The highest BCUT2D eigenvalue weighted by Crippen LogP contribution is 1.84. The predicted molar refractivity (Wildman–Crippen MR) is 45.4 cm³/mol. The summed E-state index contributed by atoms with van der Waals surface area (Å²) in [5.41, 5.74) is 0. The van der Waals surface area contributed by atoms with Gasteiger partial charge in [-0.25, -0.2) is 9.78 Å². The van der Waals surface area contributed by atoms with Gasteiger partial charge in [-0.2, -0.15) is 0 Å². The van der Waals surface area contributed by atoms with E-state index in [-0.39, 0.29) is 5.82 Å². The molecule has 4 N–H and O–H groups in total. The lowest BCUT2D eigenvalue weighted by atomic mass is 10.5. The van der Waals surface area contributed by atoms with Gasteiger partial charge in [-0.15, -0.1) is 0 Å². The molecule has 0 aliphatic heterocycles. The van der Waals surface area contributed by atoms with E-state index in [2.05, 4.69) is 9.97 Å². The summed E-state index contributed by atoms with van der Waals surface area (Å²) in [6.07, 6.45) is 2.05. The molecule has 82 valence electrons.